The fourth-order valence-corrected chi connectivity index (χ4v) is 4.58. The minimum atomic E-state index is -4.16. The standard InChI is InChI=1S/C20H15Cl2F2N5O6S/c21-12-7-10(29-20(32)27-19(31)16(28-29)18(23)24)8-13(22)17(12)35-11-3-4-14(30)15(9-11)36(33,34)26-6-2-1-5-25/h3-4,7-9,18,26,30H,1-2,6H2,(H,27,31,32). The highest BCUT2D eigenvalue weighted by Gasteiger charge is 2.22. The Bertz CT molecular complexity index is 1550. The number of sulfonamides is 1. The lowest BCUT2D eigenvalue weighted by Crippen LogP contribution is -2.34. The molecular formula is C20H15Cl2F2N5O6S. The Morgan fingerprint density at radius 3 is 2.50 bits per heavy atom. The van der Waals surface area contributed by atoms with Crippen LogP contribution in [0, 0.1) is 11.3 Å². The van der Waals surface area contributed by atoms with Gasteiger partial charge in [-0.1, -0.05) is 23.2 Å². The van der Waals surface area contributed by atoms with Gasteiger partial charge in [0, 0.05) is 19.0 Å². The molecule has 0 aliphatic carbocycles. The molecule has 0 atom stereocenters. The molecule has 1 aromatic heterocycles. The molecule has 0 radical (unpaired) electrons. The number of phenolic OH excluding ortho intramolecular Hbond substituents is 1. The van der Waals surface area contributed by atoms with E-state index in [9.17, 15) is 31.9 Å². The Kier molecular flexibility index (Phi) is 8.31. The van der Waals surface area contributed by atoms with Crippen LogP contribution in [0.3, 0.4) is 0 Å². The molecule has 0 fully saturated rings. The van der Waals surface area contributed by atoms with Crippen LogP contribution in [0.2, 0.25) is 10.0 Å². The largest absolute Gasteiger partial charge is 0.507 e. The van der Waals surface area contributed by atoms with Crippen molar-refractivity contribution in [3.63, 3.8) is 0 Å². The number of H-pyrrole nitrogens is 1. The predicted octanol–water partition coefficient (Wildman–Crippen LogP) is 3.25. The van der Waals surface area contributed by atoms with Crippen LogP contribution in [0.1, 0.15) is 25.0 Å². The van der Waals surface area contributed by atoms with Gasteiger partial charge in [-0.05, 0) is 30.7 Å². The van der Waals surface area contributed by atoms with Gasteiger partial charge in [-0.2, -0.15) is 15.0 Å². The molecule has 3 rings (SSSR count). The van der Waals surface area contributed by atoms with E-state index in [1.54, 1.807) is 4.98 Å². The van der Waals surface area contributed by atoms with Gasteiger partial charge in [0.1, 0.15) is 16.4 Å². The van der Waals surface area contributed by atoms with Crippen molar-refractivity contribution >= 4 is 33.2 Å². The molecule has 0 unspecified atom stereocenters. The summed E-state index contributed by atoms with van der Waals surface area (Å²) < 4.78 is 59.4. The zero-order valence-electron chi connectivity index (χ0n) is 17.8. The van der Waals surface area contributed by atoms with E-state index in [1.165, 1.54) is 6.07 Å². The summed E-state index contributed by atoms with van der Waals surface area (Å²) in [4.78, 5) is 24.8. The SMILES string of the molecule is N#CCCCNS(=O)(=O)c1cc(Oc2c(Cl)cc(-n3nc(C(F)F)c(=O)[nH]c3=O)cc2Cl)ccc1O. The summed E-state index contributed by atoms with van der Waals surface area (Å²) in [6.45, 7) is -0.0367. The van der Waals surface area contributed by atoms with E-state index in [0.717, 1.165) is 24.3 Å². The lowest BCUT2D eigenvalue weighted by atomic mass is 10.3. The highest BCUT2D eigenvalue weighted by molar-refractivity contribution is 7.89. The summed E-state index contributed by atoms with van der Waals surface area (Å²) in [5.41, 5.74) is -3.83. The molecule has 16 heteroatoms. The molecule has 0 spiro atoms. The van der Waals surface area contributed by atoms with E-state index in [1.807, 2.05) is 6.07 Å². The molecule has 0 aliphatic rings. The number of ether oxygens (including phenoxy) is 1. The first-order chi connectivity index (χ1) is 16.9. The molecule has 190 valence electrons. The Hall–Kier alpha value is -3.51. The fraction of sp³-hybridized carbons (Fsp3) is 0.200. The van der Waals surface area contributed by atoms with Crippen LogP contribution in [-0.4, -0.2) is 34.8 Å². The van der Waals surface area contributed by atoms with Gasteiger partial charge < -0.3 is 9.84 Å². The maximum atomic E-state index is 13.0. The minimum Gasteiger partial charge on any atom is -0.507 e. The van der Waals surface area contributed by atoms with Gasteiger partial charge in [-0.3, -0.25) is 9.78 Å². The van der Waals surface area contributed by atoms with Gasteiger partial charge in [0.25, 0.3) is 12.0 Å². The normalized spacial score (nSPS) is 11.4. The average Bonchev–Trinajstić information content (AvgIpc) is 2.79. The number of nitrogens with zero attached hydrogens (tertiary/aromatic N) is 3. The van der Waals surface area contributed by atoms with Crippen molar-refractivity contribution in [2.45, 2.75) is 24.2 Å². The molecule has 0 bridgehead atoms. The van der Waals surface area contributed by atoms with Crippen LogP contribution >= 0.6 is 23.2 Å². The Morgan fingerprint density at radius 1 is 1.22 bits per heavy atom. The number of rotatable bonds is 9. The number of halogens is 4. The lowest BCUT2D eigenvalue weighted by molar-refractivity contribution is 0.141. The third-order valence-electron chi connectivity index (χ3n) is 4.49. The first-order valence-electron chi connectivity index (χ1n) is 9.83. The van der Waals surface area contributed by atoms with E-state index in [4.69, 9.17) is 33.2 Å². The number of aromatic amines is 1. The summed E-state index contributed by atoms with van der Waals surface area (Å²) in [5.74, 6) is -0.855. The molecule has 1 heterocycles. The van der Waals surface area contributed by atoms with E-state index < -0.39 is 44.0 Å². The van der Waals surface area contributed by atoms with Crippen LogP contribution in [0.15, 0.2) is 44.8 Å². The monoisotopic (exact) mass is 561 g/mol. The number of hydrogen-bond donors (Lipinski definition) is 3. The first kappa shape index (κ1) is 27.1. The third-order valence-corrected chi connectivity index (χ3v) is 6.54. The van der Waals surface area contributed by atoms with Crippen LogP contribution in [0.4, 0.5) is 8.78 Å². The number of phenols is 1. The molecular weight excluding hydrogens is 547 g/mol. The van der Waals surface area contributed by atoms with Crippen LogP contribution in [0.25, 0.3) is 5.69 Å². The summed E-state index contributed by atoms with van der Waals surface area (Å²) in [5, 5.41) is 21.5. The number of alkyl halides is 2. The number of nitrogens with one attached hydrogen (secondary N) is 2. The van der Waals surface area contributed by atoms with E-state index in [2.05, 4.69) is 9.82 Å². The maximum Gasteiger partial charge on any atom is 0.349 e. The molecule has 2 aromatic carbocycles. The average molecular weight is 562 g/mol. The van der Waals surface area contributed by atoms with Crippen molar-refractivity contribution in [2.24, 2.45) is 0 Å². The van der Waals surface area contributed by atoms with Crippen LogP contribution < -0.4 is 20.7 Å². The molecule has 0 saturated carbocycles. The van der Waals surface area contributed by atoms with Gasteiger partial charge in [0.05, 0.1) is 21.8 Å². The Labute approximate surface area is 211 Å². The van der Waals surface area contributed by atoms with E-state index in [-0.39, 0.29) is 46.6 Å². The van der Waals surface area contributed by atoms with Gasteiger partial charge in [0.15, 0.2) is 11.4 Å². The van der Waals surface area contributed by atoms with Gasteiger partial charge in [-0.25, -0.2) is 26.7 Å². The van der Waals surface area contributed by atoms with Crippen molar-refractivity contribution in [3.8, 4) is 29.0 Å². The molecule has 3 N–H and O–H groups in total. The predicted molar refractivity (Wildman–Crippen MR) is 124 cm³/mol. The molecule has 11 nitrogen and oxygen atoms in total. The zero-order chi connectivity index (χ0) is 26.6. The zero-order valence-corrected chi connectivity index (χ0v) is 20.2. The smallest absolute Gasteiger partial charge is 0.349 e. The number of hydrogen-bond acceptors (Lipinski definition) is 8. The fourth-order valence-electron chi connectivity index (χ4n) is 2.84. The summed E-state index contributed by atoms with van der Waals surface area (Å²) >= 11 is 12.4. The lowest BCUT2D eigenvalue weighted by Gasteiger charge is -2.14. The summed E-state index contributed by atoms with van der Waals surface area (Å²) in [6.07, 6.45) is -2.86. The second-order valence-corrected chi connectivity index (χ2v) is 9.54. The van der Waals surface area contributed by atoms with Crippen molar-refractivity contribution in [2.75, 3.05) is 6.54 Å². The second-order valence-electron chi connectivity index (χ2n) is 6.99. The number of nitriles is 1. The molecule has 0 aliphatic heterocycles. The summed E-state index contributed by atoms with van der Waals surface area (Å²) in [6, 6.07) is 7.37. The van der Waals surface area contributed by atoms with Crippen molar-refractivity contribution in [3.05, 3.63) is 66.9 Å². The molecule has 0 saturated heterocycles. The maximum absolute atomic E-state index is 13.0. The highest BCUT2D eigenvalue weighted by Crippen LogP contribution is 2.39. The van der Waals surface area contributed by atoms with Crippen molar-refractivity contribution < 1.29 is 27.0 Å². The van der Waals surface area contributed by atoms with E-state index in [0.29, 0.717) is 4.68 Å². The molecule has 36 heavy (non-hydrogen) atoms. The topological polar surface area (TPSA) is 167 Å². The van der Waals surface area contributed by atoms with Crippen molar-refractivity contribution in [1.82, 2.24) is 19.5 Å². The van der Waals surface area contributed by atoms with Gasteiger partial charge >= 0.3 is 5.69 Å². The Morgan fingerprint density at radius 2 is 1.89 bits per heavy atom. The minimum absolute atomic E-state index is 0.0367. The van der Waals surface area contributed by atoms with Gasteiger partial charge in [-0.15, -0.1) is 0 Å². The van der Waals surface area contributed by atoms with Crippen LogP contribution in [-0.2, 0) is 10.0 Å². The van der Waals surface area contributed by atoms with Gasteiger partial charge in [0.2, 0.25) is 10.0 Å². The van der Waals surface area contributed by atoms with Crippen molar-refractivity contribution in [1.29, 1.82) is 5.26 Å². The first-order valence-corrected chi connectivity index (χ1v) is 12.1. The Balaban J connectivity index is 1.95. The highest BCUT2D eigenvalue weighted by atomic mass is 35.5. The summed E-state index contributed by atoms with van der Waals surface area (Å²) in [7, 11) is -4.16. The number of aromatic nitrogens is 3. The molecule has 3 aromatic rings. The third kappa shape index (κ3) is 6.00. The number of unbranched alkanes of at least 4 members (excludes halogenated alkanes) is 1. The number of aromatic hydroxyl groups is 1. The van der Waals surface area contributed by atoms with Crippen LogP contribution in [0.5, 0.6) is 17.2 Å². The number of benzene rings is 2. The quantitative estimate of drug-likeness (QED) is 0.334. The second kappa shape index (κ2) is 11.0. The molecule has 0 amide bonds. The van der Waals surface area contributed by atoms with E-state index >= 15 is 0 Å².